The summed E-state index contributed by atoms with van der Waals surface area (Å²) in [5.41, 5.74) is -3.00. The summed E-state index contributed by atoms with van der Waals surface area (Å²) in [5, 5.41) is 0. The van der Waals surface area contributed by atoms with Crippen LogP contribution in [0.1, 0.15) is 146 Å². The average Bonchev–Trinajstić information content (AvgIpc) is 3.33. The lowest BCUT2D eigenvalue weighted by Gasteiger charge is -2.47. The molecule has 1 unspecified atom stereocenters. The first kappa shape index (κ1) is 37.7. The Hall–Kier alpha value is -1.48. The van der Waals surface area contributed by atoms with E-state index in [2.05, 4.69) is 13.0 Å². The minimum Gasteiger partial charge on any atom is -0.460 e. The third-order valence-electron chi connectivity index (χ3n) is 7.73. The lowest BCUT2D eigenvalue weighted by Crippen LogP contribution is -2.61. The van der Waals surface area contributed by atoms with E-state index in [1.54, 1.807) is 34.6 Å². The van der Waals surface area contributed by atoms with Crippen molar-refractivity contribution in [3.05, 3.63) is 12.2 Å². The van der Waals surface area contributed by atoms with Gasteiger partial charge in [-0.2, -0.15) is 0 Å². The number of hydrogen-bond donors (Lipinski definition) is 0. The second-order valence-corrected chi connectivity index (χ2v) is 14.7. The predicted molar refractivity (Wildman–Crippen MR) is 168 cm³/mol. The highest BCUT2D eigenvalue weighted by atomic mass is 16.7. The standard InChI is InChI=1S/C35H62O8/c1-10-11-12-16-19-22-34(38-24-25-39-34)23-20-17-14-13-15-18-21-28-27-40-33(8,9)43-35(28,30(37)42-32(5,6)7)26-29(36)41-31(2,3)4/h18,21,28H,10-17,19-20,22-27H2,1-9H3/t28-,35?/m1/s1. The summed E-state index contributed by atoms with van der Waals surface area (Å²) < 4.78 is 35.8. The van der Waals surface area contributed by atoms with Crippen LogP contribution in [0.25, 0.3) is 0 Å². The third kappa shape index (κ3) is 13.6. The van der Waals surface area contributed by atoms with Crippen LogP contribution in [0.3, 0.4) is 0 Å². The van der Waals surface area contributed by atoms with E-state index in [4.69, 9.17) is 28.4 Å². The highest BCUT2D eigenvalue weighted by Crippen LogP contribution is 2.41. The van der Waals surface area contributed by atoms with Gasteiger partial charge in [-0.1, -0.05) is 57.6 Å². The van der Waals surface area contributed by atoms with Crippen LogP contribution in [0.2, 0.25) is 0 Å². The molecule has 2 heterocycles. The lowest BCUT2D eigenvalue weighted by atomic mass is 9.82. The van der Waals surface area contributed by atoms with Crippen LogP contribution in [-0.2, 0) is 38.0 Å². The summed E-state index contributed by atoms with van der Waals surface area (Å²) in [7, 11) is 0. The SMILES string of the molecule is CCCCCCCC1(CCCCCCC=C[C@@H]2COC(C)(C)OC2(CC(=O)OC(C)(C)C)C(=O)OC(C)(C)C)OCCO1. The molecule has 0 spiro atoms. The van der Waals surface area contributed by atoms with Crippen molar-refractivity contribution < 1.29 is 38.0 Å². The molecule has 8 nitrogen and oxygen atoms in total. The average molecular weight is 611 g/mol. The highest BCUT2D eigenvalue weighted by molar-refractivity contribution is 5.87. The quantitative estimate of drug-likeness (QED) is 0.0925. The smallest absolute Gasteiger partial charge is 0.340 e. The molecule has 2 fully saturated rings. The van der Waals surface area contributed by atoms with Crippen molar-refractivity contribution >= 4 is 11.9 Å². The Morgan fingerprint density at radius 1 is 0.791 bits per heavy atom. The van der Waals surface area contributed by atoms with Gasteiger partial charge in [-0.25, -0.2) is 4.79 Å². The minimum atomic E-state index is -1.56. The predicted octanol–water partition coefficient (Wildman–Crippen LogP) is 8.20. The Kier molecular flexibility index (Phi) is 14.7. The zero-order valence-corrected chi connectivity index (χ0v) is 28.8. The van der Waals surface area contributed by atoms with Gasteiger partial charge in [0.25, 0.3) is 0 Å². The lowest BCUT2D eigenvalue weighted by molar-refractivity contribution is -0.323. The second kappa shape index (κ2) is 16.7. The Bertz CT molecular complexity index is 875. The molecule has 2 rings (SSSR count). The van der Waals surface area contributed by atoms with Gasteiger partial charge >= 0.3 is 11.9 Å². The van der Waals surface area contributed by atoms with Crippen LogP contribution in [0.5, 0.6) is 0 Å². The maximum absolute atomic E-state index is 13.7. The topological polar surface area (TPSA) is 89.5 Å². The molecule has 0 saturated carbocycles. The molecule has 0 aliphatic carbocycles. The van der Waals surface area contributed by atoms with E-state index in [0.29, 0.717) is 13.2 Å². The summed E-state index contributed by atoms with van der Waals surface area (Å²) >= 11 is 0. The molecule has 0 bridgehead atoms. The van der Waals surface area contributed by atoms with E-state index in [0.717, 1.165) is 51.4 Å². The first-order chi connectivity index (χ1) is 20.0. The van der Waals surface area contributed by atoms with E-state index in [-0.39, 0.29) is 18.8 Å². The van der Waals surface area contributed by atoms with Crippen LogP contribution < -0.4 is 0 Å². The first-order valence-corrected chi connectivity index (χ1v) is 16.8. The molecule has 2 saturated heterocycles. The molecule has 2 aliphatic heterocycles. The van der Waals surface area contributed by atoms with Gasteiger partial charge in [0.1, 0.15) is 11.2 Å². The maximum atomic E-state index is 13.7. The van der Waals surface area contributed by atoms with Gasteiger partial charge < -0.3 is 28.4 Å². The maximum Gasteiger partial charge on any atom is 0.340 e. The van der Waals surface area contributed by atoms with Crippen molar-refractivity contribution in [1.82, 2.24) is 0 Å². The van der Waals surface area contributed by atoms with Crippen molar-refractivity contribution in [2.24, 2.45) is 5.92 Å². The number of allylic oxidation sites excluding steroid dienone is 1. The summed E-state index contributed by atoms with van der Waals surface area (Å²) in [6.45, 7) is 18.2. The fourth-order valence-corrected chi connectivity index (χ4v) is 5.75. The zero-order chi connectivity index (χ0) is 32.2. The van der Waals surface area contributed by atoms with Gasteiger partial charge in [0, 0.05) is 18.8 Å². The van der Waals surface area contributed by atoms with Crippen molar-refractivity contribution in [2.75, 3.05) is 19.8 Å². The van der Waals surface area contributed by atoms with E-state index in [1.165, 1.54) is 25.7 Å². The number of rotatable bonds is 17. The van der Waals surface area contributed by atoms with Gasteiger partial charge in [-0.15, -0.1) is 0 Å². The van der Waals surface area contributed by atoms with Gasteiger partial charge in [-0.3, -0.25) is 4.79 Å². The summed E-state index contributed by atoms with van der Waals surface area (Å²) in [6, 6.07) is 0. The van der Waals surface area contributed by atoms with Crippen LogP contribution in [0.15, 0.2) is 12.2 Å². The molecule has 0 aromatic rings. The Morgan fingerprint density at radius 2 is 1.35 bits per heavy atom. The van der Waals surface area contributed by atoms with Crippen LogP contribution in [-0.4, -0.2) is 60.1 Å². The normalized spacial score (nSPS) is 23.9. The molecule has 0 aromatic heterocycles. The van der Waals surface area contributed by atoms with E-state index in [9.17, 15) is 9.59 Å². The van der Waals surface area contributed by atoms with Crippen LogP contribution >= 0.6 is 0 Å². The molecular formula is C35H62O8. The van der Waals surface area contributed by atoms with Crippen molar-refractivity contribution in [3.8, 4) is 0 Å². The van der Waals surface area contributed by atoms with Gasteiger partial charge in [0.05, 0.1) is 26.2 Å². The molecule has 0 radical (unpaired) electrons. The number of carbonyl (C=O) groups excluding carboxylic acids is 2. The molecule has 2 atom stereocenters. The van der Waals surface area contributed by atoms with Crippen molar-refractivity contribution in [1.29, 1.82) is 0 Å². The Labute approximate surface area is 261 Å². The van der Waals surface area contributed by atoms with Crippen molar-refractivity contribution in [3.63, 3.8) is 0 Å². The molecule has 0 amide bonds. The van der Waals surface area contributed by atoms with Crippen molar-refractivity contribution in [2.45, 2.75) is 174 Å². The number of esters is 2. The third-order valence-corrected chi connectivity index (χ3v) is 7.73. The number of hydrogen-bond acceptors (Lipinski definition) is 8. The Balaban J connectivity index is 1.96. The van der Waals surface area contributed by atoms with Gasteiger partial charge in [-0.05, 0) is 81.1 Å². The molecule has 0 N–H and O–H groups in total. The molecule has 2 aliphatic rings. The number of carbonyl (C=O) groups is 2. The molecule has 250 valence electrons. The Morgan fingerprint density at radius 3 is 1.91 bits per heavy atom. The molecule has 8 heteroatoms. The van der Waals surface area contributed by atoms with Crippen LogP contribution in [0, 0.1) is 5.92 Å². The number of ether oxygens (including phenoxy) is 6. The first-order valence-electron chi connectivity index (χ1n) is 16.8. The second-order valence-electron chi connectivity index (χ2n) is 14.7. The van der Waals surface area contributed by atoms with E-state index >= 15 is 0 Å². The highest BCUT2D eigenvalue weighted by Gasteiger charge is 2.57. The summed E-state index contributed by atoms with van der Waals surface area (Å²) in [5.74, 6) is -3.03. The van der Waals surface area contributed by atoms with Gasteiger partial charge in [0.2, 0.25) is 0 Å². The number of unbranched alkanes of at least 4 members (excludes halogenated alkanes) is 8. The molecular weight excluding hydrogens is 548 g/mol. The molecule has 43 heavy (non-hydrogen) atoms. The summed E-state index contributed by atoms with van der Waals surface area (Å²) in [4.78, 5) is 26.8. The van der Waals surface area contributed by atoms with E-state index < -0.39 is 40.4 Å². The monoisotopic (exact) mass is 610 g/mol. The largest absolute Gasteiger partial charge is 0.460 e. The van der Waals surface area contributed by atoms with E-state index in [1.807, 2.05) is 26.8 Å². The fourth-order valence-electron chi connectivity index (χ4n) is 5.75. The minimum absolute atomic E-state index is 0.228. The zero-order valence-electron chi connectivity index (χ0n) is 28.8. The molecule has 0 aromatic carbocycles. The fraction of sp³-hybridized carbons (Fsp3) is 0.886. The van der Waals surface area contributed by atoms with Gasteiger partial charge in [0.15, 0.2) is 17.2 Å². The van der Waals surface area contributed by atoms with Crippen LogP contribution in [0.4, 0.5) is 0 Å². The summed E-state index contributed by atoms with van der Waals surface area (Å²) in [6.07, 6.45) is 17.1.